The highest BCUT2D eigenvalue weighted by atomic mass is 32.2. The van der Waals surface area contributed by atoms with Gasteiger partial charge in [0.25, 0.3) is 0 Å². The highest BCUT2D eigenvalue weighted by Crippen LogP contribution is 2.37. The second-order valence-corrected chi connectivity index (χ2v) is 10.5. The first-order valence-corrected chi connectivity index (χ1v) is 13.9. The maximum absolute atomic E-state index is 12.7. The Bertz CT molecular complexity index is 1650. The number of carbonyl (C=O) groups is 1. The maximum Gasteiger partial charge on any atom is 0.238 e. The van der Waals surface area contributed by atoms with Crippen LogP contribution in [-0.4, -0.2) is 44.1 Å². The number of aromatic nitrogens is 2. The van der Waals surface area contributed by atoms with Crippen molar-refractivity contribution in [2.75, 3.05) is 25.3 Å². The Balaban J connectivity index is 1.79. The summed E-state index contributed by atoms with van der Waals surface area (Å²) in [6.45, 7) is 0. The molecule has 0 bridgehead atoms. The minimum atomic E-state index is -3.87. The second kappa shape index (κ2) is 12.0. The molecule has 12 heteroatoms. The average molecular weight is 562 g/mol. The van der Waals surface area contributed by atoms with Crippen molar-refractivity contribution in [3.05, 3.63) is 83.9 Å². The molecule has 4 aromatic rings. The minimum Gasteiger partial charge on any atom is -0.497 e. The summed E-state index contributed by atoms with van der Waals surface area (Å²) in [6, 6.07) is 21.8. The zero-order chi connectivity index (χ0) is 28.0. The van der Waals surface area contributed by atoms with E-state index in [4.69, 9.17) is 14.6 Å². The number of methoxy groups -OCH3 is 2. The number of sulfonamides is 1. The first-order chi connectivity index (χ1) is 18.7. The van der Waals surface area contributed by atoms with E-state index < -0.39 is 10.0 Å². The first-order valence-electron chi connectivity index (χ1n) is 11.4. The Hall–Kier alpha value is -4.44. The summed E-state index contributed by atoms with van der Waals surface area (Å²) in [5.74, 6) is 1.08. The summed E-state index contributed by atoms with van der Waals surface area (Å²) in [7, 11) is -0.856. The quantitative estimate of drug-likeness (QED) is 0.161. The van der Waals surface area contributed by atoms with E-state index in [1.165, 1.54) is 38.5 Å². The van der Waals surface area contributed by atoms with E-state index in [1.54, 1.807) is 42.5 Å². The van der Waals surface area contributed by atoms with Crippen LogP contribution in [0.25, 0.3) is 11.3 Å². The van der Waals surface area contributed by atoms with Gasteiger partial charge in [0, 0.05) is 16.8 Å². The molecule has 0 unspecified atom stereocenters. The van der Waals surface area contributed by atoms with Crippen LogP contribution in [0.5, 0.6) is 11.5 Å². The van der Waals surface area contributed by atoms with Crippen LogP contribution in [0, 0.1) is 11.3 Å². The van der Waals surface area contributed by atoms with Crippen LogP contribution in [0.15, 0.2) is 82.8 Å². The van der Waals surface area contributed by atoms with Gasteiger partial charge in [0.2, 0.25) is 10.0 Å². The van der Waals surface area contributed by atoms with Crippen molar-refractivity contribution in [1.82, 2.24) is 9.97 Å². The van der Waals surface area contributed by atoms with Crippen LogP contribution in [-0.2, 0) is 10.0 Å². The number of ether oxygens (including phenoxy) is 2. The number of ketones is 1. The van der Waals surface area contributed by atoms with Gasteiger partial charge in [0.1, 0.15) is 23.1 Å². The Morgan fingerprint density at radius 1 is 1.03 bits per heavy atom. The fourth-order valence-electron chi connectivity index (χ4n) is 3.60. The van der Waals surface area contributed by atoms with Crippen molar-refractivity contribution in [2.24, 2.45) is 5.14 Å². The molecule has 4 rings (SSSR count). The number of Topliss-reactive ketones (excluding diaryl/α,β-unsaturated/α-hetero) is 1. The number of carbonyl (C=O) groups excluding carboxylic acids is 1. The van der Waals surface area contributed by atoms with Gasteiger partial charge in [-0.2, -0.15) is 5.26 Å². The average Bonchev–Trinajstić information content (AvgIpc) is 2.95. The number of nitriles is 1. The van der Waals surface area contributed by atoms with Crippen molar-refractivity contribution in [3.63, 3.8) is 0 Å². The summed E-state index contributed by atoms with van der Waals surface area (Å²) >= 11 is 1.12. The summed E-state index contributed by atoms with van der Waals surface area (Å²) in [5, 5.41) is 18.6. The van der Waals surface area contributed by atoms with Crippen LogP contribution in [0.2, 0.25) is 0 Å². The normalized spacial score (nSPS) is 10.9. The van der Waals surface area contributed by atoms with Crippen molar-refractivity contribution in [1.29, 1.82) is 5.26 Å². The molecule has 0 radical (unpaired) electrons. The van der Waals surface area contributed by atoms with Crippen LogP contribution < -0.4 is 19.9 Å². The topological polar surface area (TPSA) is 157 Å². The zero-order valence-corrected chi connectivity index (χ0v) is 22.5. The molecule has 0 spiro atoms. The van der Waals surface area contributed by atoms with E-state index in [0.717, 1.165) is 11.8 Å². The van der Waals surface area contributed by atoms with Gasteiger partial charge in [-0.3, -0.25) is 4.79 Å². The molecular formula is C27H23N5O5S2. The maximum atomic E-state index is 12.7. The Labute approximate surface area is 229 Å². The molecule has 0 saturated heterocycles. The lowest BCUT2D eigenvalue weighted by Crippen LogP contribution is -2.12. The number of nitrogens with zero attached hydrogens (tertiary/aromatic N) is 3. The number of primary sulfonamides is 1. The number of nitrogens with one attached hydrogen (secondary N) is 1. The number of thioether (sulfide) groups is 1. The van der Waals surface area contributed by atoms with E-state index in [1.807, 2.05) is 6.07 Å². The zero-order valence-electron chi connectivity index (χ0n) is 20.9. The van der Waals surface area contributed by atoms with Gasteiger partial charge in [-0.05, 0) is 42.5 Å². The van der Waals surface area contributed by atoms with Gasteiger partial charge in [-0.1, -0.05) is 42.1 Å². The third-order valence-electron chi connectivity index (χ3n) is 5.54. The third-order valence-corrected chi connectivity index (χ3v) is 7.31. The van der Waals surface area contributed by atoms with Gasteiger partial charge in [0.15, 0.2) is 16.8 Å². The summed E-state index contributed by atoms with van der Waals surface area (Å²) in [5.41, 5.74) is 1.87. The van der Waals surface area contributed by atoms with E-state index >= 15 is 0 Å². The van der Waals surface area contributed by atoms with Crippen molar-refractivity contribution < 1.29 is 22.7 Å². The smallest absolute Gasteiger partial charge is 0.238 e. The van der Waals surface area contributed by atoms with Crippen molar-refractivity contribution in [2.45, 2.75) is 10.1 Å². The lowest BCUT2D eigenvalue weighted by Gasteiger charge is -2.15. The SMILES string of the molecule is COc1ccc(OC)c(-c2nc(SCC(=O)c3ccccc3)nc(Nc3ccc(S(N)(=O)=O)cc3)c2C#N)c1. The molecule has 198 valence electrons. The Kier molecular flexibility index (Phi) is 8.46. The van der Waals surface area contributed by atoms with Gasteiger partial charge in [-0.25, -0.2) is 23.5 Å². The summed E-state index contributed by atoms with van der Waals surface area (Å²) in [4.78, 5) is 21.8. The molecule has 0 atom stereocenters. The predicted molar refractivity (Wildman–Crippen MR) is 148 cm³/mol. The van der Waals surface area contributed by atoms with Crippen LogP contribution in [0.3, 0.4) is 0 Å². The predicted octanol–water partition coefficient (Wildman–Crippen LogP) is 4.40. The minimum absolute atomic E-state index is 0.0614. The largest absolute Gasteiger partial charge is 0.497 e. The monoisotopic (exact) mass is 561 g/mol. The molecule has 3 aromatic carbocycles. The van der Waals surface area contributed by atoms with Crippen LogP contribution in [0.4, 0.5) is 11.5 Å². The molecule has 0 fully saturated rings. The summed E-state index contributed by atoms with van der Waals surface area (Å²) in [6.07, 6.45) is 0. The lowest BCUT2D eigenvalue weighted by atomic mass is 10.1. The number of anilines is 2. The van der Waals surface area contributed by atoms with Gasteiger partial charge in [0.05, 0.1) is 30.6 Å². The fraction of sp³-hybridized carbons (Fsp3) is 0.111. The molecule has 1 aromatic heterocycles. The lowest BCUT2D eigenvalue weighted by molar-refractivity contribution is 0.102. The van der Waals surface area contributed by atoms with E-state index in [-0.39, 0.29) is 38.7 Å². The Morgan fingerprint density at radius 2 is 1.74 bits per heavy atom. The standard InChI is InChI=1S/C27H23N5O5S2/c1-36-19-10-13-24(37-2)21(14-19)25-22(15-28)26(30-18-8-11-20(12-9-18)39(29,34)35)32-27(31-25)38-16-23(33)17-6-4-3-5-7-17/h3-14H,16H2,1-2H3,(H2,29,34,35)(H,30,31,32). The molecule has 10 nitrogen and oxygen atoms in total. The van der Waals surface area contributed by atoms with E-state index in [9.17, 15) is 18.5 Å². The molecule has 0 aliphatic rings. The summed E-state index contributed by atoms with van der Waals surface area (Å²) < 4.78 is 34.2. The molecule has 0 aliphatic carbocycles. The van der Waals surface area contributed by atoms with E-state index in [0.29, 0.717) is 28.3 Å². The van der Waals surface area contributed by atoms with Crippen molar-refractivity contribution >= 4 is 39.1 Å². The first kappa shape index (κ1) is 27.6. The van der Waals surface area contributed by atoms with Gasteiger partial charge < -0.3 is 14.8 Å². The number of nitrogens with two attached hydrogens (primary N) is 1. The highest BCUT2D eigenvalue weighted by Gasteiger charge is 2.21. The molecule has 0 saturated carbocycles. The third kappa shape index (κ3) is 6.53. The molecule has 0 amide bonds. The fourth-order valence-corrected chi connectivity index (χ4v) is 4.85. The van der Waals surface area contributed by atoms with Crippen molar-refractivity contribution in [3.8, 4) is 28.8 Å². The van der Waals surface area contributed by atoms with Crippen LogP contribution >= 0.6 is 11.8 Å². The number of rotatable bonds is 10. The number of hydrogen-bond donors (Lipinski definition) is 2. The number of benzene rings is 3. The Morgan fingerprint density at radius 3 is 2.36 bits per heavy atom. The molecule has 0 aliphatic heterocycles. The molecule has 39 heavy (non-hydrogen) atoms. The van der Waals surface area contributed by atoms with Crippen LogP contribution in [0.1, 0.15) is 15.9 Å². The van der Waals surface area contributed by atoms with Gasteiger partial charge in [-0.15, -0.1) is 0 Å². The highest BCUT2D eigenvalue weighted by molar-refractivity contribution is 7.99. The number of hydrogen-bond acceptors (Lipinski definition) is 10. The molecule has 3 N–H and O–H groups in total. The van der Waals surface area contributed by atoms with E-state index in [2.05, 4.69) is 21.4 Å². The second-order valence-electron chi connectivity index (χ2n) is 8.03. The van der Waals surface area contributed by atoms with Gasteiger partial charge >= 0.3 is 0 Å². The molecular weight excluding hydrogens is 538 g/mol. The molecule has 1 heterocycles.